The van der Waals surface area contributed by atoms with Crippen molar-refractivity contribution in [2.45, 2.75) is 31.5 Å². The molecule has 0 saturated heterocycles. The lowest BCUT2D eigenvalue weighted by Gasteiger charge is -2.34. The topological polar surface area (TPSA) is 60.8 Å². The van der Waals surface area contributed by atoms with Crippen LogP contribution in [0.5, 0.6) is 0 Å². The fraction of sp³-hybridized carbons (Fsp3) is 0.292. The maximum Gasteiger partial charge on any atom is 0.168 e. The van der Waals surface area contributed by atoms with Crippen LogP contribution in [-0.2, 0) is 26.5 Å². The molecule has 1 aromatic heterocycles. The highest BCUT2D eigenvalue weighted by Crippen LogP contribution is 2.40. The van der Waals surface area contributed by atoms with Crippen LogP contribution in [0.4, 0.5) is 0 Å². The summed E-state index contributed by atoms with van der Waals surface area (Å²) >= 11 is 6.18. The van der Waals surface area contributed by atoms with Crippen LogP contribution in [0.15, 0.2) is 83.8 Å². The van der Waals surface area contributed by atoms with Gasteiger partial charge in [-0.2, -0.15) is 4.89 Å². The molecular formula is C24H24ClNO4. The van der Waals surface area contributed by atoms with Gasteiger partial charge in [0.25, 0.3) is 0 Å². The summed E-state index contributed by atoms with van der Waals surface area (Å²) in [5.74, 6) is 0.651. The van der Waals surface area contributed by atoms with Crippen molar-refractivity contribution in [2.24, 2.45) is 0 Å². The second-order valence-corrected chi connectivity index (χ2v) is 7.79. The van der Waals surface area contributed by atoms with Crippen LogP contribution in [0.1, 0.15) is 24.6 Å². The molecule has 2 atom stereocenters. The van der Waals surface area contributed by atoms with E-state index in [-0.39, 0.29) is 6.10 Å². The molecule has 0 spiro atoms. The zero-order valence-electron chi connectivity index (χ0n) is 16.8. The molecule has 2 aromatic rings. The highest BCUT2D eigenvalue weighted by molar-refractivity contribution is 6.30. The number of aliphatic hydroxyl groups is 1. The quantitative estimate of drug-likeness (QED) is 0.653. The van der Waals surface area contributed by atoms with E-state index < -0.39 is 5.60 Å². The maximum absolute atomic E-state index is 11.9. The van der Waals surface area contributed by atoms with E-state index in [4.69, 9.17) is 26.1 Å². The lowest BCUT2D eigenvalue weighted by Crippen LogP contribution is -2.34. The average Bonchev–Trinajstić information content (AvgIpc) is 2.77. The molecule has 1 aromatic carbocycles. The molecule has 6 heteroatoms. The van der Waals surface area contributed by atoms with Gasteiger partial charge in [-0.05, 0) is 54.5 Å². The fourth-order valence-electron chi connectivity index (χ4n) is 3.74. The number of ether oxygens (including phenoxy) is 1. The maximum atomic E-state index is 11.9. The van der Waals surface area contributed by atoms with Gasteiger partial charge in [-0.15, -0.1) is 0 Å². The standard InChI is InChI=1S/C24H24ClNO4/c1-2-28-16-21-14-18-13-19(9-10-22(18)30-29-21)24(27,23-8-3-4-11-26-23)15-17-6-5-7-20(25)12-17/h3-12,14,21,27H,2,13,15-16H2,1H3. The minimum absolute atomic E-state index is 0.285. The number of pyridine rings is 1. The first kappa shape index (κ1) is 20.8. The normalized spacial score (nSPS) is 20.2. The summed E-state index contributed by atoms with van der Waals surface area (Å²) in [7, 11) is 0. The number of fused-ring (bicyclic) bond motifs is 1. The molecule has 2 unspecified atom stereocenters. The van der Waals surface area contributed by atoms with Gasteiger partial charge >= 0.3 is 0 Å². The van der Waals surface area contributed by atoms with Crippen molar-refractivity contribution >= 4 is 11.6 Å². The van der Waals surface area contributed by atoms with Gasteiger partial charge in [-0.1, -0.05) is 35.9 Å². The first-order chi connectivity index (χ1) is 14.6. The van der Waals surface area contributed by atoms with Crippen LogP contribution in [0.3, 0.4) is 0 Å². The number of hydrogen-bond donors (Lipinski definition) is 1. The number of aromatic nitrogens is 1. The van der Waals surface area contributed by atoms with Gasteiger partial charge in [0.15, 0.2) is 5.76 Å². The third-order valence-electron chi connectivity index (χ3n) is 5.24. The minimum Gasteiger partial charge on any atom is -0.379 e. The smallest absolute Gasteiger partial charge is 0.168 e. The van der Waals surface area contributed by atoms with E-state index in [1.54, 1.807) is 6.20 Å². The Morgan fingerprint density at radius 3 is 2.90 bits per heavy atom. The summed E-state index contributed by atoms with van der Waals surface area (Å²) in [5, 5.41) is 12.6. The molecule has 0 radical (unpaired) electrons. The summed E-state index contributed by atoms with van der Waals surface area (Å²) in [6.45, 7) is 2.96. The Balaban J connectivity index is 1.68. The molecule has 5 nitrogen and oxygen atoms in total. The summed E-state index contributed by atoms with van der Waals surface area (Å²) < 4.78 is 5.45. The summed E-state index contributed by atoms with van der Waals surface area (Å²) in [6.07, 6.45) is 7.99. The van der Waals surface area contributed by atoms with Crippen LogP contribution in [0, 0.1) is 0 Å². The number of allylic oxidation sites excluding steroid dienone is 3. The number of nitrogens with zero attached hydrogens (tertiary/aromatic N) is 1. The molecular weight excluding hydrogens is 402 g/mol. The van der Waals surface area contributed by atoms with Gasteiger partial charge in [0.1, 0.15) is 11.7 Å². The zero-order valence-corrected chi connectivity index (χ0v) is 17.5. The lowest BCUT2D eigenvalue weighted by atomic mass is 9.78. The Labute approximate surface area is 181 Å². The van der Waals surface area contributed by atoms with E-state index in [2.05, 4.69) is 4.98 Å². The van der Waals surface area contributed by atoms with Gasteiger partial charge in [0.2, 0.25) is 0 Å². The number of halogens is 1. The average molecular weight is 426 g/mol. The third-order valence-corrected chi connectivity index (χ3v) is 5.47. The highest BCUT2D eigenvalue weighted by Gasteiger charge is 2.38. The Morgan fingerprint density at radius 1 is 1.23 bits per heavy atom. The Morgan fingerprint density at radius 2 is 2.13 bits per heavy atom. The first-order valence-electron chi connectivity index (χ1n) is 10.0. The van der Waals surface area contributed by atoms with E-state index in [1.165, 1.54) is 0 Å². The minimum atomic E-state index is -1.29. The largest absolute Gasteiger partial charge is 0.379 e. The van der Waals surface area contributed by atoms with Crippen LogP contribution < -0.4 is 0 Å². The van der Waals surface area contributed by atoms with Crippen molar-refractivity contribution in [3.63, 3.8) is 0 Å². The van der Waals surface area contributed by atoms with Gasteiger partial charge < -0.3 is 14.7 Å². The molecule has 0 bridgehead atoms. The molecule has 2 aliphatic rings. The van der Waals surface area contributed by atoms with Crippen molar-refractivity contribution in [1.82, 2.24) is 4.98 Å². The van der Waals surface area contributed by atoms with Crippen LogP contribution >= 0.6 is 11.6 Å². The van der Waals surface area contributed by atoms with Gasteiger partial charge in [0, 0.05) is 36.2 Å². The first-order valence-corrected chi connectivity index (χ1v) is 10.4. The predicted molar refractivity (Wildman–Crippen MR) is 115 cm³/mol. The predicted octanol–water partition coefficient (Wildman–Crippen LogP) is 4.67. The van der Waals surface area contributed by atoms with Crippen LogP contribution in [0.2, 0.25) is 5.02 Å². The second-order valence-electron chi connectivity index (χ2n) is 7.35. The molecule has 156 valence electrons. The van der Waals surface area contributed by atoms with Crippen molar-refractivity contribution in [3.8, 4) is 0 Å². The van der Waals surface area contributed by atoms with Crippen LogP contribution in [0.25, 0.3) is 0 Å². The van der Waals surface area contributed by atoms with Crippen molar-refractivity contribution in [1.29, 1.82) is 0 Å². The van der Waals surface area contributed by atoms with Crippen molar-refractivity contribution < 1.29 is 19.6 Å². The molecule has 30 heavy (non-hydrogen) atoms. The van der Waals surface area contributed by atoms with Crippen LogP contribution in [-0.4, -0.2) is 29.4 Å². The van der Waals surface area contributed by atoms with E-state index in [0.717, 1.165) is 16.7 Å². The Hall–Kier alpha value is -2.44. The van der Waals surface area contributed by atoms with E-state index in [0.29, 0.717) is 42.5 Å². The molecule has 0 saturated carbocycles. The number of benzene rings is 1. The van der Waals surface area contributed by atoms with Crippen molar-refractivity contribution in [3.05, 3.63) is 100 Å². The molecule has 0 amide bonds. The molecule has 1 aliphatic carbocycles. The second kappa shape index (κ2) is 9.14. The van der Waals surface area contributed by atoms with Gasteiger partial charge in [0.05, 0.1) is 12.3 Å². The molecule has 1 aliphatic heterocycles. The highest BCUT2D eigenvalue weighted by atomic mass is 35.5. The molecule has 1 N–H and O–H groups in total. The summed E-state index contributed by atoms with van der Waals surface area (Å²) in [5.41, 5.74) is 2.02. The van der Waals surface area contributed by atoms with Crippen molar-refractivity contribution in [2.75, 3.05) is 13.2 Å². The summed E-state index contributed by atoms with van der Waals surface area (Å²) in [6, 6.07) is 13.1. The summed E-state index contributed by atoms with van der Waals surface area (Å²) in [4.78, 5) is 15.3. The molecule has 0 fully saturated rings. The zero-order chi connectivity index (χ0) is 21.0. The number of hydrogen-bond acceptors (Lipinski definition) is 5. The van der Waals surface area contributed by atoms with E-state index in [1.807, 2.05) is 67.6 Å². The van der Waals surface area contributed by atoms with E-state index in [9.17, 15) is 5.11 Å². The van der Waals surface area contributed by atoms with Gasteiger partial charge in [-0.3, -0.25) is 4.98 Å². The molecule has 2 heterocycles. The Bertz CT molecular complexity index is 986. The fourth-order valence-corrected chi connectivity index (χ4v) is 3.95. The Kier molecular flexibility index (Phi) is 6.35. The number of rotatable bonds is 7. The lowest BCUT2D eigenvalue weighted by molar-refractivity contribution is -0.294. The molecule has 4 rings (SSSR count). The van der Waals surface area contributed by atoms with Gasteiger partial charge in [-0.25, -0.2) is 0 Å². The monoisotopic (exact) mass is 425 g/mol. The third kappa shape index (κ3) is 4.50. The SMILES string of the molecule is CCOCC1C=C2CC(C(O)(Cc3cccc(Cl)c3)c3ccccn3)=CC=C2OO1. The van der Waals surface area contributed by atoms with E-state index >= 15 is 0 Å².